The van der Waals surface area contributed by atoms with Gasteiger partial charge in [-0.05, 0) is 31.8 Å². The molecule has 7 heteroatoms. The molecule has 0 heterocycles. The third kappa shape index (κ3) is 3.77. The molecule has 1 aliphatic carbocycles. The summed E-state index contributed by atoms with van der Waals surface area (Å²) in [6.07, 6.45) is 7.02. The number of hydrogen-bond acceptors (Lipinski definition) is 4. The molecule has 0 saturated carbocycles. The molecule has 0 spiro atoms. The standard InChI is InChI=1S/C18H19F2NO3S/c1-21(2)18(25(23,24)17(19)20)12-10-14(11-13-18)8-9-16(22)15-6-4-3-5-7-15/h3-12,17H,13H2,1-2H3. The van der Waals surface area contributed by atoms with Gasteiger partial charge in [0.2, 0.25) is 9.84 Å². The van der Waals surface area contributed by atoms with Crippen LogP contribution in [0.3, 0.4) is 0 Å². The molecule has 0 fully saturated rings. The van der Waals surface area contributed by atoms with E-state index < -0.39 is 20.5 Å². The first kappa shape index (κ1) is 19.2. The number of likely N-dealkylation sites (N-methyl/N-ethyl adjacent to an activating group) is 1. The number of sulfone groups is 1. The quantitative estimate of drug-likeness (QED) is 0.572. The second-order valence-electron chi connectivity index (χ2n) is 5.85. The minimum Gasteiger partial charge on any atom is -0.289 e. The third-order valence-corrected chi connectivity index (χ3v) is 6.26. The molecule has 0 N–H and O–H groups in total. The molecular formula is C18H19F2NO3S. The molecule has 1 unspecified atom stereocenters. The second-order valence-corrected chi connectivity index (χ2v) is 8.00. The van der Waals surface area contributed by atoms with Crippen molar-refractivity contribution >= 4 is 15.6 Å². The fraction of sp³-hybridized carbons (Fsp3) is 0.278. The Kier molecular flexibility index (Phi) is 5.69. The Balaban J connectivity index is 2.21. The van der Waals surface area contributed by atoms with Gasteiger partial charge < -0.3 is 0 Å². The molecule has 0 amide bonds. The summed E-state index contributed by atoms with van der Waals surface area (Å²) in [6, 6.07) is 8.67. The minimum atomic E-state index is -4.69. The average Bonchev–Trinajstić information content (AvgIpc) is 2.60. The highest BCUT2D eigenvalue weighted by atomic mass is 32.2. The molecule has 25 heavy (non-hydrogen) atoms. The molecule has 1 aromatic carbocycles. The fourth-order valence-electron chi connectivity index (χ4n) is 2.57. The van der Waals surface area contributed by atoms with Gasteiger partial charge >= 0.3 is 5.76 Å². The van der Waals surface area contributed by atoms with Crippen LogP contribution in [0.1, 0.15) is 16.8 Å². The van der Waals surface area contributed by atoms with Crippen LogP contribution in [0.25, 0.3) is 0 Å². The second kappa shape index (κ2) is 7.41. The van der Waals surface area contributed by atoms with Crippen LogP contribution in [0.4, 0.5) is 8.78 Å². The number of carbonyl (C=O) groups is 1. The summed E-state index contributed by atoms with van der Waals surface area (Å²) in [5, 5.41) is 0. The Hall–Kier alpha value is -2.12. The highest BCUT2D eigenvalue weighted by Crippen LogP contribution is 2.35. The molecule has 0 saturated heterocycles. The van der Waals surface area contributed by atoms with Gasteiger partial charge in [-0.2, -0.15) is 8.78 Å². The van der Waals surface area contributed by atoms with Crippen LogP contribution in [0.5, 0.6) is 0 Å². The monoisotopic (exact) mass is 367 g/mol. The zero-order chi connectivity index (χ0) is 18.7. The first-order chi connectivity index (χ1) is 11.7. The summed E-state index contributed by atoms with van der Waals surface area (Å²) in [6.45, 7) is 0. The van der Waals surface area contributed by atoms with Crippen LogP contribution in [-0.2, 0) is 9.84 Å². The van der Waals surface area contributed by atoms with Crippen molar-refractivity contribution < 1.29 is 22.0 Å². The lowest BCUT2D eigenvalue weighted by atomic mass is 10.0. The van der Waals surface area contributed by atoms with Crippen molar-refractivity contribution in [1.82, 2.24) is 4.90 Å². The predicted octanol–water partition coefficient (Wildman–Crippen LogP) is 3.21. The van der Waals surface area contributed by atoms with Crippen molar-refractivity contribution in [3.05, 3.63) is 71.8 Å². The van der Waals surface area contributed by atoms with Crippen LogP contribution >= 0.6 is 0 Å². The maximum absolute atomic E-state index is 13.0. The molecule has 4 nitrogen and oxygen atoms in total. The molecule has 0 bridgehead atoms. The van der Waals surface area contributed by atoms with Crippen molar-refractivity contribution in [3.63, 3.8) is 0 Å². The largest absolute Gasteiger partial charge is 0.338 e. The number of carbonyl (C=O) groups excluding carboxylic acids is 1. The van der Waals surface area contributed by atoms with Crippen LogP contribution in [0.15, 0.2) is 66.3 Å². The van der Waals surface area contributed by atoms with Crippen molar-refractivity contribution in [3.8, 4) is 0 Å². The van der Waals surface area contributed by atoms with Crippen molar-refractivity contribution in [2.75, 3.05) is 14.1 Å². The minimum absolute atomic E-state index is 0.123. The van der Waals surface area contributed by atoms with Crippen LogP contribution in [0, 0.1) is 0 Å². The molecular weight excluding hydrogens is 348 g/mol. The summed E-state index contributed by atoms with van der Waals surface area (Å²) in [4.78, 5) is 11.5. The molecule has 0 aromatic heterocycles. The Bertz CT molecular complexity index is 827. The molecule has 1 atom stereocenters. The lowest BCUT2D eigenvalue weighted by Crippen LogP contribution is -2.52. The summed E-state index contributed by atoms with van der Waals surface area (Å²) >= 11 is 0. The lowest BCUT2D eigenvalue weighted by Gasteiger charge is -2.37. The van der Waals surface area contributed by atoms with E-state index in [9.17, 15) is 22.0 Å². The van der Waals surface area contributed by atoms with E-state index in [1.165, 1.54) is 43.3 Å². The first-order valence-corrected chi connectivity index (χ1v) is 9.11. The number of alkyl halides is 2. The highest BCUT2D eigenvalue weighted by molar-refractivity contribution is 7.93. The number of rotatable bonds is 6. The van der Waals surface area contributed by atoms with Gasteiger partial charge in [0.05, 0.1) is 0 Å². The SMILES string of the molecule is CN(C)C1(S(=O)(=O)C(F)F)C=CC(C=CC(=O)c2ccccc2)=CC1. The molecule has 1 aromatic rings. The number of halogens is 2. The summed E-state index contributed by atoms with van der Waals surface area (Å²) in [5.74, 6) is -3.66. The van der Waals surface area contributed by atoms with Gasteiger partial charge in [-0.1, -0.05) is 48.6 Å². The Labute approximate surface area is 146 Å². The highest BCUT2D eigenvalue weighted by Gasteiger charge is 2.49. The van der Waals surface area contributed by atoms with Crippen LogP contribution in [0.2, 0.25) is 0 Å². The van der Waals surface area contributed by atoms with Gasteiger partial charge in [-0.3, -0.25) is 9.69 Å². The van der Waals surface area contributed by atoms with Gasteiger partial charge in [-0.15, -0.1) is 0 Å². The van der Waals surface area contributed by atoms with Gasteiger partial charge in [0.15, 0.2) is 10.7 Å². The average molecular weight is 367 g/mol. The number of nitrogens with zero attached hydrogens (tertiary/aromatic N) is 1. The Morgan fingerprint density at radius 2 is 1.88 bits per heavy atom. The van der Waals surface area contributed by atoms with Crippen molar-refractivity contribution in [1.29, 1.82) is 0 Å². The van der Waals surface area contributed by atoms with Gasteiger partial charge in [0, 0.05) is 12.0 Å². The maximum atomic E-state index is 13.0. The van der Waals surface area contributed by atoms with Crippen LogP contribution < -0.4 is 0 Å². The lowest BCUT2D eigenvalue weighted by molar-refractivity contribution is 0.104. The van der Waals surface area contributed by atoms with Gasteiger partial charge in [0.1, 0.15) is 0 Å². The van der Waals surface area contributed by atoms with E-state index in [1.807, 2.05) is 0 Å². The van der Waals surface area contributed by atoms with Crippen molar-refractivity contribution in [2.45, 2.75) is 17.0 Å². The number of hydrogen-bond donors (Lipinski definition) is 0. The summed E-state index contributed by atoms with van der Waals surface area (Å²) in [7, 11) is -1.80. The Morgan fingerprint density at radius 1 is 1.24 bits per heavy atom. The molecule has 2 rings (SSSR count). The molecule has 0 aliphatic heterocycles. The number of benzene rings is 1. The first-order valence-electron chi connectivity index (χ1n) is 7.56. The smallest absolute Gasteiger partial charge is 0.289 e. The maximum Gasteiger partial charge on any atom is 0.338 e. The number of allylic oxidation sites excluding steroid dienone is 4. The van der Waals surface area contributed by atoms with E-state index in [2.05, 4.69) is 0 Å². The zero-order valence-electron chi connectivity index (χ0n) is 13.9. The topological polar surface area (TPSA) is 54.5 Å². The number of ketones is 1. The van der Waals surface area contributed by atoms with Gasteiger partial charge in [-0.25, -0.2) is 8.42 Å². The van der Waals surface area contributed by atoms with E-state index in [0.717, 1.165) is 0 Å². The summed E-state index contributed by atoms with van der Waals surface area (Å²) < 4.78 is 50.2. The fourth-order valence-corrected chi connectivity index (χ4v) is 3.96. The van der Waals surface area contributed by atoms with E-state index in [0.29, 0.717) is 11.1 Å². The van der Waals surface area contributed by atoms with Crippen molar-refractivity contribution in [2.24, 2.45) is 0 Å². The van der Waals surface area contributed by atoms with E-state index >= 15 is 0 Å². The van der Waals surface area contributed by atoms with E-state index in [-0.39, 0.29) is 12.2 Å². The molecule has 0 radical (unpaired) electrons. The summed E-state index contributed by atoms with van der Waals surface area (Å²) in [5.41, 5.74) is 1.12. The molecule has 1 aliphatic rings. The normalized spacial score (nSPS) is 21.1. The Morgan fingerprint density at radius 3 is 2.36 bits per heavy atom. The third-order valence-electron chi connectivity index (χ3n) is 4.14. The van der Waals surface area contributed by atoms with Gasteiger partial charge in [0.25, 0.3) is 0 Å². The van der Waals surface area contributed by atoms with E-state index in [4.69, 9.17) is 0 Å². The zero-order valence-corrected chi connectivity index (χ0v) is 14.7. The molecule has 134 valence electrons. The van der Waals surface area contributed by atoms with Crippen LogP contribution in [-0.4, -0.2) is 43.8 Å². The predicted molar refractivity (Wildman–Crippen MR) is 93.1 cm³/mol. The van der Waals surface area contributed by atoms with E-state index in [1.54, 1.807) is 36.4 Å².